The monoisotopic (exact) mass is 405 g/mol. The average molecular weight is 405 g/mol. The fourth-order valence-corrected chi connectivity index (χ4v) is 4.52. The molecule has 0 bridgehead atoms. The van der Waals surface area contributed by atoms with Gasteiger partial charge in [-0.05, 0) is 49.1 Å². The Kier molecular flexibility index (Phi) is 5.19. The molecule has 6 heteroatoms. The average Bonchev–Trinajstić information content (AvgIpc) is 3.14. The predicted octanol–water partition coefficient (Wildman–Crippen LogP) is 3.80. The highest BCUT2D eigenvalue weighted by atomic mass is 16.5. The highest BCUT2D eigenvalue weighted by Gasteiger charge is 2.24. The molecule has 0 aliphatic carbocycles. The second kappa shape index (κ2) is 8.13. The van der Waals surface area contributed by atoms with Crippen LogP contribution in [0.5, 0.6) is 11.5 Å². The van der Waals surface area contributed by atoms with Crippen LogP contribution in [0.4, 0.5) is 0 Å². The number of aromatic nitrogens is 2. The molecule has 0 saturated carbocycles. The molecule has 2 N–H and O–H groups in total. The first kappa shape index (κ1) is 19.2. The minimum atomic E-state index is 0.237. The normalized spacial score (nSPS) is 17.1. The van der Waals surface area contributed by atoms with E-state index in [0.29, 0.717) is 0 Å². The van der Waals surface area contributed by atoms with Crippen molar-refractivity contribution in [2.24, 2.45) is 0 Å². The van der Waals surface area contributed by atoms with Gasteiger partial charge in [0, 0.05) is 37.4 Å². The van der Waals surface area contributed by atoms with E-state index in [9.17, 15) is 10.2 Å². The van der Waals surface area contributed by atoms with Crippen LogP contribution in [0, 0.1) is 0 Å². The largest absolute Gasteiger partial charge is 0.507 e. The number of para-hydroxylation sites is 1. The molecule has 5 rings (SSSR count). The van der Waals surface area contributed by atoms with Crippen LogP contribution in [-0.4, -0.2) is 51.0 Å². The molecule has 3 heterocycles. The van der Waals surface area contributed by atoms with E-state index < -0.39 is 0 Å². The van der Waals surface area contributed by atoms with Gasteiger partial charge < -0.3 is 19.5 Å². The molecule has 2 aliphatic heterocycles. The molecule has 0 amide bonds. The fourth-order valence-electron chi connectivity index (χ4n) is 4.52. The number of phenolic OH excluding ortho intramolecular Hbond substituents is 2. The van der Waals surface area contributed by atoms with E-state index in [1.807, 2.05) is 30.3 Å². The number of fused-ring (bicyclic) bond motifs is 1. The summed E-state index contributed by atoms with van der Waals surface area (Å²) in [4.78, 5) is 7.25. The van der Waals surface area contributed by atoms with E-state index in [1.54, 1.807) is 6.07 Å². The van der Waals surface area contributed by atoms with Gasteiger partial charge in [-0.15, -0.1) is 0 Å². The van der Waals surface area contributed by atoms with Gasteiger partial charge in [0.15, 0.2) is 0 Å². The van der Waals surface area contributed by atoms with Gasteiger partial charge in [0.05, 0.1) is 24.5 Å². The summed E-state index contributed by atoms with van der Waals surface area (Å²) in [6.07, 6.45) is 3.12. The molecule has 30 heavy (non-hydrogen) atoms. The number of aromatic hydroxyl groups is 2. The second-order valence-electron chi connectivity index (χ2n) is 8.10. The topological polar surface area (TPSA) is 70.8 Å². The summed E-state index contributed by atoms with van der Waals surface area (Å²) < 4.78 is 7.63. The molecule has 1 saturated heterocycles. The van der Waals surface area contributed by atoms with Crippen molar-refractivity contribution in [1.82, 2.24) is 14.5 Å². The third-order valence-corrected chi connectivity index (χ3v) is 6.09. The molecule has 0 unspecified atom stereocenters. The third-order valence-electron chi connectivity index (χ3n) is 6.09. The first-order valence-corrected chi connectivity index (χ1v) is 10.7. The Labute approximate surface area is 176 Å². The lowest BCUT2D eigenvalue weighted by Crippen LogP contribution is -2.35. The Morgan fingerprint density at radius 2 is 1.73 bits per heavy atom. The van der Waals surface area contributed by atoms with Gasteiger partial charge in [0.25, 0.3) is 0 Å². The number of benzene rings is 2. The number of ether oxygens (including phenoxy) is 1. The Bertz CT molecular complexity index is 1050. The quantitative estimate of drug-likeness (QED) is 0.691. The molecule has 0 atom stereocenters. The van der Waals surface area contributed by atoms with Crippen LogP contribution in [0.25, 0.3) is 22.6 Å². The van der Waals surface area contributed by atoms with Crippen molar-refractivity contribution in [3.05, 3.63) is 53.7 Å². The minimum absolute atomic E-state index is 0.237. The van der Waals surface area contributed by atoms with E-state index in [4.69, 9.17) is 9.72 Å². The fraction of sp³-hybridized carbons (Fsp3) is 0.375. The van der Waals surface area contributed by atoms with Gasteiger partial charge >= 0.3 is 0 Å². The van der Waals surface area contributed by atoms with E-state index in [0.717, 1.165) is 92.6 Å². The molecule has 2 aromatic carbocycles. The molecular weight excluding hydrogens is 378 g/mol. The Morgan fingerprint density at radius 3 is 2.53 bits per heavy atom. The number of phenols is 2. The van der Waals surface area contributed by atoms with Crippen LogP contribution in [0.1, 0.15) is 24.1 Å². The summed E-state index contributed by atoms with van der Waals surface area (Å²) in [6, 6.07) is 13.2. The van der Waals surface area contributed by atoms with Crippen LogP contribution in [0.3, 0.4) is 0 Å². The van der Waals surface area contributed by atoms with E-state index >= 15 is 0 Å². The molecule has 2 aliphatic rings. The van der Waals surface area contributed by atoms with Crippen LogP contribution < -0.4 is 0 Å². The van der Waals surface area contributed by atoms with Crippen molar-refractivity contribution in [2.45, 2.75) is 32.4 Å². The number of nitrogens with zero attached hydrogens (tertiary/aromatic N) is 3. The lowest BCUT2D eigenvalue weighted by Gasteiger charge is -2.26. The highest BCUT2D eigenvalue weighted by molar-refractivity contribution is 5.74. The lowest BCUT2D eigenvalue weighted by molar-refractivity contribution is 0.0342. The smallest absolute Gasteiger partial charge is 0.144 e. The first-order valence-electron chi connectivity index (χ1n) is 10.7. The van der Waals surface area contributed by atoms with Crippen molar-refractivity contribution in [1.29, 1.82) is 0 Å². The number of morpholine rings is 1. The molecule has 0 spiro atoms. The highest BCUT2D eigenvalue weighted by Crippen LogP contribution is 2.39. The van der Waals surface area contributed by atoms with E-state index in [-0.39, 0.29) is 11.5 Å². The van der Waals surface area contributed by atoms with Gasteiger partial charge in [-0.3, -0.25) is 4.90 Å². The molecule has 1 aromatic heterocycles. The minimum Gasteiger partial charge on any atom is -0.507 e. The molecule has 3 aromatic rings. The summed E-state index contributed by atoms with van der Waals surface area (Å²) in [7, 11) is 0. The van der Waals surface area contributed by atoms with Crippen molar-refractivity contribution in [3.8, 4) is 34.1 Å². The summed E-state index contributed by atoms with van der Waals surface area (Å²) in [5.41, 5.74) is 4.53. The molecule has 1 fully saturated rings. The number of hydrogen-bond donors (Lipinski definition) is 2. The van der Waals surface area contributed by atoms with Gasteiger partial charge in [-0.1, -0.05) is 18.2 Å². The number of imidazole rings is 1. The summed E-state index contributed by atoms with van der Waals surface area (Å²) in [6.45, 7) is 5.04. The van der Waals surface area contributed by atoms with Gasteiger partial charge in [-0.25, -0.2) is 4.98 Å². The van der Waals surface area contributed by atoms with Crippen LogP contribution in [0.2, 0.25) is 0 Å². The first-order chi connectivity index (χ1) is 14.7. The summed E-state index contributed by atoms with van der Waals surface area (Å²) >= 11 is 0. The Balaban J connectivity index is 1.52. The van der Waals surface area contributed by atoms with Crippen molar-refractivity contribution in [3.63, 3.8) is 0 Å². The SMILES string of the molecule is Oc1ccccc1-c1nc(-c2ccc(CN3CCOCC3)cc2O)n2c1CCCC2. The third kappa shape index (κ3) is 3.57. The van der Waals surface area contributed by atoms with Crippen molar-refractivity contribution >= 4 is 0 Å². The maximum Gasteiger partial charge on any atom is 0.144 e. The van der Waals surface area contributed by atoms with Crippen molar-refractivity contribution in [2.75, 3.05) is 26.3 Å². The number of rotatable bonds is 4. The second-order valence-corrected chi connectivity index (χ2v) is 8.10. The molecule has 0 radical (unpaired) electrons. The lowest BCUT2D eigenvalue weighted by atomic mass is 10.0. The summed E-state index contributed by atoms with van der Waals surface area (Å²) in [5, 5.41) is 21.2. The summed E-state index contributed by atoms with van der Waals surface area (Å²) in [5.74, 6) is 1.27. The van der Waals surface area contributed by atoms with Gasteiger partial charge in [0.2, 0.25) is 0 Å². The zero-order valence-corrected chi connectivity index (χ0v) is 17.0. The maximum absolute atomic E-state index is 10.9. The van der Waals surface area contributed by atoms with Crippen LogP contribution >= 0.6 is 0 Å². The Hall–Kier alpha value is -2.83. The standard InChI is InChI=1S/C24H27N3O3/c28-21-7-2-1-5-18(21)23-20-6-3-4-10-27(20)24(25-23)19-9-8-17(15-22(19)29)16-26-11-13-30-14-12-26/h1-2,5,7-9,15,28-29H,3-4,6,10-14,16H2. The van der Waals surface area contributed by atoms with Crippen molar-refractivity contribution < 1.29 is 14.9 Å². The molecule has 156 valence electrons. The van der Waals surface area contributed by atoms with Crippen LogP contribution in [0.15, 0.2) is 42.5 Å². The molecular formula is C24H27N3O3. The van der Waals surface area contributed by atoms with Gasteiger partial charge in [0.1, 0.15) is 17.3 Å². The zero-order chi connectivity index (χ0) is 20.5. The van der Waals surface area contributed by atoms with Crippen LogP contribution in [-0.2, 0) is 24.2 Å². The van der Waals surface area contributed by atoms with Gasteiger partial charge in [-0.2, -0.15) is 0 Å². The predicted molar refractivity (Wildman–Crippen MR) is 115 cm³/mol. The Morgan fingerprint density at radius 1 is 0.900 bits per heavy atom. The van der Waals surface area contributed by atoms with E-state index in [2.05, 4.69) is 15.5 Å². The van der Waals surface area contributed by atoms with E-state index in [1.165, 1.54) is 0 Å². The molecule has 6 nitrogen and oxygen atoms in total. The number of hydrogen-bond acceptors (Lipinski definition) is 5. The maximum atomic E-state index is 10.9. The zero-order valence-electron chi connectivity index (χ0n) is 17.0.